The van der Waals surface area contributed by atoms with Gasteiger partial charge in [0, 0.05) is 16.4 Å². The monoisotopic (exact) mass is 424 g/mol. The summed E-state index contributed by atoms with van der Waals surface area (Å²) in [5.41, 5.74) is 0.473. The lowest BCUT2D eigenvalue weighted by atomic mass is 10.3. The van der Waals surface area contributed by atoms with Gasteiger partial charge in [-0.05, 0) is 42.1 Å². The van der Waals surface area contributed by atoms with E-state index < -0.39 is 10.0 Å². The van der Waals surface area contributed by atoms with Gasteiger partial charge in [0.1, 0.15) is 6.33 Å². The summed E-state index contributed by atoms with van der Waals surface area (Å²) in [5.74, 6) is 0. The van der Waals surface area contributed by atoms with E-state index in [0.29, 0.717) is 10.8 Å². The molecule has 0 aliphatic heterocycles. The van der Waals surface area contributed by atoms with Crippen molar-refractivity contribution >= 4 is 43.4 Å². The molecule has 1 N–H and O–H groups in total. The number of aromatic nitrogens is 3. The van der Waals surface area contributed by atoms with Crippen LogP contribution in [0.5, 0.6) is 0 Å². The van der Waals surface area contributed by atoms with Crippen LogP contribution in [0.2, 0.25) is 0 Å². The average Bonchev–Trinajstić information content (AvgIpc) is 2.96. The van der Waals surface area contributed by atoms with Gasteiger partial charge in [0.2, 0.25) is 0 Å². The predicted molar refractivity (Wildman–Crippen MR) is 96.5 cm³/mol. The Morgan fingerprint density at radius 3 is 2.58 bits per heavy atom. The van der Waals surface area contributed by atoms with Gasteiger partial charge in [0.15, 0.2) is 5.16 Å². The number of nitrogens with one attached hydrogen (secondary N) is 1. The normalized spacial score (nSPS) is 11.4. The van der Waals surface area contributed by atoms with E-state index in [1.165, 1.54) is 11.8 Å². The summed E-state index contributed by atoms with van der Waals surface area (Å²) in [6, 6.07) is 13.6. The van der Waals surface area contributed by atoms with Crippen LogP contribution in [0.4, 0.5) is 5.69 Å². The molecule has 0 aliphatic rings. The smallest absolute Gasteiger partial charge is 0.261 e. The van der Waals surface area contributed by atoms with Crippen LogP contribution in [0.1, 0.15) is 0 Å². The van der Waals surface area contributed by atoms with Gasteiger partial charge >= 0.3 is 0 Å². The minimum Gasteiger partial charge on any atom is -0.311 e. The lowest BCUT2D eigenvalue weighted by Gasteiger charge is -2.12. The van der Waals surface area contributed by atoms with Crippen LogP contribution in [0.15, 0.2) is 74.3 Å². The minimum absolute atomic E-state index is 0.208. The molecule has 0 spiro atoms. The summed E-state index contributed by atoms with van der Waals surface area (Å²) in [6.07, 6.45) is 1.59. The highest BCUT2D eigenvalue weighted by Gasteiger charge is 2.17. The minimum atomic E-state index is -3.67. The Morgan fingerprint density at radius 2 is 1.92 bits per heavy atom. The fourth-order valence-corrected chi connectivity index (χ4v) is 4.29. The van der Waals surface area contributed by atoms with E-state index in [0.717, 1.165) is 9.37 Å². The largest absolute Gasteiger partial charge is 0.311 e. The molecular formula is C15H13BrN4O2S2. The average molecular weight is 425 g/mol. The number of sulfonamides is 1. The fourth-order valence-electron chi connectivity index (χ4n) is 1.94. The molecule has 0 amide bonds. The first kappa shape index (κ1) is 17.0. The second-order valence-corrected chi connectivity index (χ2v) is 8.49. The number of benzene rings is 2. The molecule has 0 atom stereocenters. The van der Waals surface area contributed by atoms with Crippen molar-refractivity contribution in [2.24, 2.45) is 7.05 Å². The lowest BCUT2D eigenvalue weighted by Crippen LogP contribution is -2.13. The van der Waals surface area contributed by atoms with Crippen molar-refractivity contribution in [1.82, 2.24) is 14.8 Å². The maximum atomic E-state index is 12.6. The van der Waals surface area contributed by atoms with E-state index in [1.807, 2.05) is 19.2 Å². The standard InChI is InChI=1S/C15H13BrN4O2S2/c1-20-10-17-18-15(20)23-14-8-7-11(16)9-13(14)19-24(21,22)12-5-3-2-4-6-12/h2-10,19H,1H3. The second kappa shape index (κ2) is 6.96. The highest BCUT2D eigenvalue weighted by Crippen LogP contribution is 2.35. The molecule has 124 valence electrons. The first-order chi connectivity index (χ1) is 11.5. The Balaban J connectivity index is 1.96. The molecule has 3 rings (SSSR count). The van der Waals surface area contributed by atoms with E-state index in [4.69, 9.17) is 0 Å². The second-order valence-electron chi connectivity index (χ2n) is 4.89. The number of hydrogen-bond acceptors (Lipinski definition) is 5. The molecule has 6 nitrogen and oxygen atoms in total. The zero-order valence-corrected chi connectivity index (χ0v) is 15.8. The fraction of sp³-hybridized carbons (Fsp3) is 0.0667. The molecule has 3 aromatic rings. The predicted octanol–water partition coefficient (Wildman–Crippen LogP) is 3.53. The van der Waals surface area contributed by atoms with Gasteiger partial charge in [0.05, 0.1) is 10.6 Å². The van der Waals surface area contributed by atoms with Crippen LogP contribution in [-0.4, -0.2) is 23.2 Å². The lowest BCUT2D eigenvalue weighted by molar-refractivity contribution is 0.601. The molecule has 0 bridgehead atoms. The quantitative estimate of drug-likeness (QED) is 0.677. The first-order valence-electron chi connectivity index (χ1n) is 6.85. The van der Waals surface area contributed by atoms with Crippen molar-refractivity contribution in [2.75, 3.05) is 4.72 Å². The third kappa shape index (κ3) is 3.80. The highest BCUT2D eigenvalue weighted by molar-refractivity contribution is 9.10. The highest BCUT2D eigenvalue weighted by atomic mass is 79.9. The molecule has 0 saturated heterocycles. The van der Waals surface area contributed by atoms with Crippen molar-refractivity contribution < 1.29 is 8.42 Å². The zero-order valence-electron chi connectivity index (χ0n) is 12.5. The van der Waals surface area contributed by atoms with Crippen molar-refractivity contribution in [2.45, 2.75) is 14.9 Å². The molecule has 9 heteroatoms. The van der Waals surface area contributed by atoms with E-state index >= 15 is 0 Å². The number of halogens is 1. The van der Waals surface area contributed by atoms with Crippen LogP contribution < -0.4 is 4.72 Å². The SMILES string of the molecule is Cn1cnnc1Sc1ccc(Br)cc1NS(=O)(=O)c1ccccc1. The van der Waals surface area contributed by atoms with Crippen LogP contribution >= 0.6 is 27.7 Å². The topological polar surface area (TPSA) is 76.9 Å². The molecule has 0 radical (unpaired) electrons. The van der Waals surface area contributed by atoms with Crippen LogP contribution in [0.3, 0.4) is 0 Å². The van der Waals surface area contributed by atoms with Gasteiger partial charge in [-0.2, -0.15) is 0 Å². The summed E-state index contributed by atoms with van der Waals surface area (Å²) < 4.78 is 30.3. The number of anilines is 1. The Hall–Kier alpha value is -1.84. The van der Waals surface area contributed by atoms with Gasteiger partial charge in [-0.1, -0.05) is 34.1 Å². The summed E-state index contributed by atoms with van der Waals surface area (Å²) in [5, 5.41) is 8.51. The molecule has 0 fully saturated rings. The maximum absolute atomic E-state index is 12.6. The Labute approximate surface area is 152 Å². The molecule has 0 saturated carbocycles. The number of hydrogen-bond donors (Lipinski definition) is 1. The third-order valence-corrected chi connectivity index (χ3v) is 6.11. The van der Waals surface area contributed by atoms with Crippen molar-refractivity contribution in [3.63, 3.8) is 0 Å². The Morgan fingerprint density at radius 1 is 1.17 bits per heavy atom. The summed E-state index contributed by atoms with van der Waals surface area (Å²) in [6.45, 7) is 0. The van der Waals surface area contributed by atoms with E-state index in [-0.39, 0.29) is 4.90 Å². The zero-order chi connectivity index (χ0) is 17.2. The van der Waals surface area contributed by atoms with Gasteiger partial charge in [-0.25, -0.2) is 8.42 Å². The van der Waals surface area contributed by atoms with Crippen molar-refractivity contribution in [3.8, 4) is 0 Å². The third-order valence-electron chi connectivity index (χ3n) is 3.11. The van der Waals surface area contributed by atoms with Crippen LogP contribution in [0, 0.1) is 0 Å². The molecule has 24 heavy (non-hydrogen) atoms. The van der Waals surface area contributed by atoms with Crippen LogP contribution in [-0.2, 0) is 17.1 Å². The van der Waals surface area contributed by atoms with Gasteiger partial charge in [-0.15, -0.1) is 10.2 Å². The number of rotatable bonds is 5. The summed E-state index contributed by atoms with van der Waals surface area (Å²) in [4.78, 5) is 0.938. The number of aryl methyl sites for hydroxylation is 1. The van der Waals surface area contributed by atoms with Gasteiger partial charge < -0.3 is 4.57 Å². The first-order valence-corrected chi connectivity index (χ1v) is 9.94. The maximum Gasteiger partial charge on any atom is 0.261 e. The van der Waals surface area contributed by atoms with Crippen molar-refractivity contribution in [1.29, 1.82) is 0 Å². The summed E-state index contributed by atoms with van der Waals surface area (Å²) in [7, 11) is -1.84. The molecule has 0 aliphatic carbocycles. The Bertz CT molecular complexity index is 959. The van der Waals surface area contributed by atoms with E-state index in [2.05, 4.69) is 30.8 Å². The van der Waals surface area contributed by atoms with Gasteiger partial charge in [-0.3, -0.25) is 4.72 Å². The van der Waals surface area contributed by atoms with Crippen molar-refractivity contribution in [3.05, 3.63) is 59.3 Å². The van der Waals surface area contributed by atoms with Gasteiger partial charge in [0.25, 0.3) is 10.0 Å². The Kier molecular flexibility index (Phi) is 4.93. The number of nitrogens with zero attached hydrogens (tertiary/aromatic N) is 3. The molecule has 1 heterocycles. The molecule has 0 unspecified atom stereocenters. The van der Waals surface area contributed by atoms with E-state index in [1.54, 1.807) is 47.3 Å². The summed E-state index contributed by atoms with van der Waals surface area (Å²) >= 11 is 4.71. The molecule has 2 aromatic carbocycles. The molecule has 1 aromatic heterocycles. The van der Waals surface area contributed by atoms with E-state index in [9.17, 15) is 8.42 Å². The van der Waals surface area contributed by atoms with Crippen LogP contribution in [0.25, 0.3) is 0 Å². The molecular weight excluding hydrogens is 412 g/mol.